The van der Waals surface area contributed by atoms with Gasteiger partial charge in [0.15, 0.2) is 0 Å². The summed E-state index contributed by atoms with van der Waals surface area (Å²) < 4.78 is 20.3. The molecule has 0 bridgehead atoms. The number of hydrogen-bond acceptors (Lipinski definition) is 6. The first-order valence-electron chi connectivity index (χ1n) is 7.37. The van der Waals surface area contributed by atoms with E-state index in [4.69, 9.17) is 25.8 Å². The van der Waals surface area contributed by atoms with Crippen LogP contribution in [0, 0.1) is 0 Å². The van der Waals surface area contributed by atoms with Crippen molar-refractivity contribution < 1.29 is 28.5 Å². The molecule has 0 fully saturated rings. The van der Waals surface area contributed by atoms with Crippen LogP contribution in [0.2, 0.25) is 5.02 Å². The van der Waals surface area contributed by atoms with E-state index in [0.717, 1.165) is 0 Å². The summed E-state index contributed by atoms with van der Waals surface area (Å²) in [4.78, 5) is 24.0. The third-order valence-electron chi connectivity index (χ3n) is 3.20. The SMILES string of the molecule is COCCOc1ccc(C(=O)Oc2ccc(Cl)cc2C(=O)OC)cc1. The van der Waals surface area contributed by atoms with Gasteiger partial charge in [-0.25, -0.2) is 9.59 Å². The first-order valence-corrected chi connectivity index (χ1v) is 7.74. The molecule has 0 unspecified atom stereocenters. The minimum atomic E-state index is -0.646. The van der Waals surface area contributed by atoms with E-state index < -0.39 is 11.9 Å². The number of halogens is 1. The summed E-state index contributed by atoms with van der Waals surface area (Å²) in [5, 5.41) is 0.331. The lowest BCUT2D eigenvalue weighted by Gasteiger charge is -2.10. The van der Waals surface area contributed by atoms with Crippen LogP contribution < -0.4 is 9.47 Å². The molecule has 25 heavy (non-hydrogen) atoms. The van der Waals surface area contributed by atoms with Crippen LogP contribution in [0.3, 0.4) is 0 Å². The smallest absolute Gasteiger partial charge is 0.343 e. The van der Waals surface area contributed by atoms with Crippen molar-refractivity contribution in [2.45, 2.75) is 0 Å². The van der Waals surface area contributed by atoms with E-state index in [-0.39, 0.29) is 11.3 Å². The Kier molecular flexibility index (Phi) is 6.80. The molecule has 2 rings (SSSR count). The molecule has 0 saturated heterocycles. The van der Waals surface area contributed by atoms with E-state index in [0.29, 0.717) is 29.5 Å². The molecule has 2 aromatic carbocycles. The normalized spacial score (nSPS) is 10.2. The van der Waals surface area contributed by atoms with Crippen molar-refractivity contribution in [2.24, 2.45) is 0 Å². The Morgan fingerprint density at radius 3 is 2.32 bits per heavy atom. The second kappa shape index (κ2) is 9.05. The number of hydrogen-bond donors (Lipinski definition) is 0. The van der Waals surface area contributed by atoms with Gasteiger partial charge in [-0.3, -0.25) is 0 Å². The molecular formula is C18H17ClO6. The fraction of sp³-hybridized carbons (Fsp3) is 0.222. The maximum atomic E-state index is 12.3. The zero-order valence-electron chi connectivity index (χ0n) is 13.8. The van der Waals surface area contributed by atoms with Crippen LogP contribution in [-0.4, -0.2) is 39.4 Å². The number of rotatable bonds is 7. The summed E-state index contributed by atoms with van der Waals surface area (Å²) in [6.45, 7) is 0.879. The highest BCUT2D eigenvalue weighted by atomic mass is 35.5. The zero-order chi connectivity index (χ0) is 18.2. The van der Waals surface area contributed by atoms with Gasteiger partial charge in [-0.2, -0.15) is 0 Å². The lowest BCUT2D eigenvalue weighted by Crippen LogP contribution is -2.12. The van der Waals surface area contributed by atoms with Gasteiger partial charge in [-0.15, -0.1) is 0 Å². The first kappa shape index (κ1) is 18.8. The van der Waals surface area contributed by atoms with Crippen LogP contribution in [0.4, 0.5) is 0 Å². The van der Waals surface area contributed by atoms with Crippen LogP contribution >= 0.6 is 11.6 Å². The maximum absolute atomic E-state index is 12.3. The summed E-state index contributed by atoms with van der Waals surface area (Å²) >= 11 is 5.87. The van der Waals surface area contributed by atoms with Gasteiger partial charge in [-0.1, -0.05) is 11.6 Å². The molecule has 0 radical (unpaired) electrons. The van der Waals surface area contributed by atoms with E-state index in [1.54, 1.807) is 31.4 Å². The molecule has 0 amide bonds. The van der Waals surface area contributed by atoms with Gasteiger partial charge in [0.2, 0.25) is 0 Å². The Morgan fingerprint density at radius 2 is 1.68 bits per heavy atom. The zero-order valence-corrected chi connectivity index (χ0v) is 14.5. The van der Waals surface area contributed by atoms with E-state index in [1.807, 2.05) is 0 Å². The second-order valence-corrected chi connectivity index (χ2v) is 5.32. The number of ether oxygens (including phenoxy) is 4. The lowest BCUT2D eigenvalue weighted by molar-refractivity contribution is 0.0593. The lowest BCUT2D eigenvalue weighted by atomic mass is 10.2. The summed E-state index contributed by atoms with van der Waals surface area (Å²) in [5.74, 6) is -0.583. The summed E-state index contributed by atoms with van der Waals surface area (Å²) in [5.41, 5.74) is 0.382. The average molecular weight is 365 g/mol. The molecule has 0 saturated carbocycles. The number of methoxy groups -OCH3 is 2. The number of benzene rings is 2. The fourth-order valence-corrected chi connectivity index (χ4v) is 2.12. The molecule has 0 atom stereocenters. The van der Waals surface area contributed by atoms with Gasteiger partial charge in [0, 0.05) is 12.1 Å². The van der Waals surface area contributed by atoms with Gasteiger partial charge in [0.1, 0.15) is 23.7 Å². The minimum Gasteiger partial charge on any atom is -0.491 e. The predicted molar refractivity (Wildman–Crippen MR) is 91.6 cm³/mol. The Balaban J connectivity index is 2.10. The third-order valence-corrected chi connectivity index (χ3v) is 3.43. The molecule has 7 heteroatoms. The summed E-state index contributed by atoms with van der Waals surface area (Å²) in [6, 6.07) is 10.8. The molecule has 0 aliphatic rings. The molecule has 6 nitrogen and oxygen atoms in total. The highest BCUT2D eigenvalue weighted by molar-refractivity contribution is 6.31. The van der Waals surface area contributed by atoms with Crippen molar-refractivity contribution in [2.75, 3.05) is 27.4 Å². The number of carbonyl (C=O) groups excluding carboxylic acids is 2. The fourth-order valence-electron chi connectivity index (χ4n) is 1.95. The molecular weight excluding hydrogens is 348 g/mol. The van der Waals surface area contributed by atoms with Crippen molar-refractivity contribution in [3.05, 3.63) is 58.6 Å². The van der Waals surface area contributed by atoms with E-state index in [9.17, 15) is 9.59 Å². The quantitative estimate of drug-likeness (QED) is 0.426. The maximum Gasteiger partial charge on any atom is 0.343 e. The van der Waals surface area contributed by atoms with Crippen molar-refractivity contribution in [1.29, 1.82) is 0 Å². The van der Waals surface area contributed by atoms with Gasteiger partial charge in [0.05, 0.1) is 19.3 Å². The van der Waals surface area contributed by atoms with Gasteiger partial charge in [-0.05, 0) is 42.5 Å². The van der Waals surface area contributed by atoms with Crippen molar-refractivity contribution in [3.63, 3.8) is 0 Å². The van der Waals surface area contributed by atoms with Gasteiger partial charge < -0.3 is 18.9 Å². The third kappa shape index (κ3) is 5.20. The molecule has 132 valence electrons. The highest BCUT2D eigenvalue weighted by Gasteiger charge is 2.17. The predicted octanol–water partition coefficient (Wildman–Crippen LogP) is 3.37. The van der Waals surface area contributed by atoms with Crippen molar-refractivity contribution >= 4 is 23.5 Å². The van der Waals surface area contributed by atoms with Gasteiger partial charge in [0.25, 0.3) is 0 Å². The molecule has 0 aliphatic heterocycles. The van der Waals surface area contributed by atoms with Crippen LogP contribution in [0.1, 0.15) is 20.7 Å². The number of esters is 2. The summed E-state index contributed by atoms with van der Waals surface area (Å²) in [7, 11) is 2.82. The van der Waals surface area contributed by atoms with Crippen LogP contribution in [0.25, 0.3) is 0 Å². The largest absolute Gasteiger partial charge is 0.491 e. The number of carbonyl (C=O) groups is 2. The minimum absolute atomic E-state index is 0.0710. The van der Waals surface area contributed by atoms with Crippen molar-refractivity contribution in [1.82, 2.24) is 0 Å². The molecule has 0 aromatic heterocycles. The second-order valence-electron chi connectivity index (χ2n) is 4.89. The van der Waals surface area contributed by atoms with E-state index in [1.165, 1.54) is 25.3 Å². The van der Waals surface area contributed by atoms with Crippen LogP contribution in [0.5, 0.6) is 11.5 Å². The van der Waals surface area contributed by atoms with Crippen LogP contribution in [0.15, 0.2) is 42.5 Å². The topological polar surface area (TPSA) is 71.1 Å². The van der Waals surface area contributed by atoms with Gasteiger partial charge >= 0.3 is 11.9 Å². The first-order chi connectivity index (χ1) is 12.0. The van der Waals surface area contributed by atoms with E-state index in [2.05, 4.69) is 4.74 Å². The molecule has 0 heterocycles. The summed E-state index contributed by atoms with van der Waals surface area (Å²) in [6.07, 6.45) is 0. The Labute approximate surface area is 150 Å². The molecule has 0 spiro atoms. The van der Waals surface area contributed by atoms with Crippen molar-refractivity contribution in [3.8, 4) is 11.5 Å². The molecule has 0 aliphatic carbocycles. The Bertz CT molecular complexity index is 742. The molecule has 0 N–H and O–H groups in total. The average Bonchev–Trinajstić information content (AvgIpc) is 2.63. The monoisotopic (exact) mass is 364 g/mol. The van der Waals surface area contributed by atoms with Crippen LogP contribution in [-0.2, 0) is 9.47 Å². The standard InChI is InChI=1S/C18H17ClO6/c1-22-9-10-24-14-6-3-12(4-7-14)17(20)25-16-8-5-13(19)11-15(16)18(21)23-2/h3-8,11H,9-10H2,1-2H3. The highest BCUT2D eigenvalue weighted by Crippen LogP contribution is 2.25. The Hall–Kier alpha value is -2.57. The van der Waals surface area contributed by atoms with E-state index >= 15 is 0 Å². The molecule has 2 aromatic rings. The Morgan fingerprint density at radius 1 is 0.960 bits per heavy atom.